The van der Waals surface area contributed by atoms with E-state index in [1.807, 2.05) is 0 Å². The molecule has 0 aliphatic heterocycles. The average Bonchev–Trinajstić information content (AvgIpc) is 2.42. The van der Waals surface area contributed by atoms with Gasteiger partial charge in [0.15, 0.2) is 0 Å². The van der Waals surface area contributed by atoms with Crippen LogP contribution in [0.4, 0.5) is 0 Å². The van der Waals surface area contributed by atoms with Crippen LogP contribution in [-0.4, -0.2) is 22.8 Å². The van der Waals surface area contributed by atoms with Crippen molar-refractivity contribution in [2.75, 3.05) is 6.61 Å². The highest BCUT2D eigenvalue weighted by molar-refractivity contribution is 5.73. The SMILES string of the molecule is CC(C)(C)CCCCCC(CO)CCCCCC(C)(C)C(=O)O. The molecule has 0 aliphatic rings. The van der Waals surface area contributed by atoms with Gasteiger partial charge in [0.05, 0.1) is 5.41 Å². The molecule has 0 radical (unpaired) electrons. The highest BCUT2D eigenvalue weighted by atomic mass is 16.4. The van der Waals surface area contributed by atoms with E-state index in [2.05, 4.69) is 20.8 Å². The Hall–Kier alpha value is -0.570. The van der Waals surface area contributed by atoms with Crippen molar-refractivity contribution in [2.45, 2.75) is 98.8 Å². The second-order valence-electron chi connectivity index (χ2n) is 9.00. The Labute approximate surface area is 143 Å². The number of hydrogen-bond donors (Lipinski definition) is 2. The molecule has 0 heterocycles. The normalized spacial score (nSPS) is 14.0. The van der Waals surface area contributed by atoms with Gasteiger partial charge in [-0.25, -0.2) is 0 Å². The minimum Gasteiger partial charge on any atom is -0.481 e. The molecule has 0 aromatic carbocycles. The molecule has 0 saturated carbocycles. The number of carboxylic acid groups (broad SMARTS) is 1. The summed E-state index contributed by atoms with van der Waals surface area (Å²) in [5.74, 6) is -0.280. The summed E-state index contributed by atoms with van der Waals surface area (Å²) in [6.07, 6.45) is 11.1. The van der Waals surface area contributed by atoms with Crippen LogP contribution in [0.1, 0.15) is 98.8 Å². The number of unbranched alkanes of at least 4 members (excludes halogenated alkanes) is 4. The van der Waals surface area contributed by atoms with E-state index in [9.17, 15) is 9.90 Å². The number of carbonyl (C=O) groups is 1. The topological polar surface area (TPSA) is 57.5 Å². The number of aliphatic hydroxyl groups is 1. The van der Waals surface area contributed by atoms with Gasteiger partial charge in [0.2, 0.25) is 0 Å². The molecular weight excluding hydrogens is 288 g/mol. The van der Waals surface area contributed by atoms with Crippen LogP contribution >= 0.6 is 0 Å². The Morgan fingerprint density at radius 2 is 1.30 bits per heavy atom. The third kappa shape index (κ3) is 12.5. The minimum atomic E-state index is -0.707. The van der Waals surface area contributed by atoms with E-state index in [1.165, 1.54) is 25.7 Å². The molecule has 138 valence electrons. The first kappa shape index (κ1) is 22.4. The van der Waals surface area contributed by atoms with Gasteiger partial charge in [0.1, 0.15) is 0 Å². The Balaban J connectivity index is 3.69. The van der Waals surface area contributed by atoms with Crippen molar-refractivity contribution in [1.29, 1.82) is 0 Å². The predicted octanol–water partition coefficient (Wildman–Crippen LogP) is 5.65. The fourth-order valence-electron chi connectivity index (χ4n) is 2.88. The van der Waals surface area contributed by atoms with Crippen LogP contribution in [0, 0.1) is 16.7 Å². The van der Waals surface area contributed by atoms with Crippen LogP contribution in [0.25, 0.3) is 0 Å². The van der Waals surface area contributed by atoms with Crippen molar-refractivity contribution in [3.05, 3.63) is 0 Å². The molecule has 0 fully saturated rings. The van der Waals surface area contributed by atoms with E-state index in [4.69, 9.17) is 5.11 Å². The van der Waals surface area contributed by atoms with Crippen LogP contribution in [0.15, 0.2) is 0 Å². The van der Waals surface area contributed by atoms with Crippen LogP contribution in [0.2, 0.25) is 0 Å². The van der Waals surface area contributed by atoms with Gasteiger partial charge in [-0.1, -0.05) is 59.3 Å². The Bertz CT molecular complexity index is 315. The fourth-order valence-corrected chi connectivity index (χ4v) is 2.88. The zero-order chi connectivity index (χ0) is 17.9. The van der Waals surface area contributed by atoms with Crippen LogP contribution in [0.3, 0.4) is 0 Å². The molecule has 0 bridgehead atoms. The lowest BCUT2D eigenvalue weighted by Gasteiger charge is -2.19. The summed E-state index contributed by atoms with van der Waals surface area (Å²) in [5, 5.41) is 18.6. The van der Waals surface area contributed by atoms with E-state index in [0.717, 1.165) is 38.5 Å². The lowest BCUT2D eigenvalue weighted by atomic mass is 9.86. The summed E-state index contributed by atoms with van der Waals surface area (Å²) in [5.41, 5.74) is -0.177. The number of aliphatic hydroxyl groups excluding tert-OH is 1. The van der Waals surface area contributed by atoms with Crippen LogP contribution < -0.4 is 0 Å². The van der Waals surface area contributed by atoms with Gasteiger partial charge in [0.25, 0.3) is 0 Å². The van der Waals surface area contributed by atoms with Gasteiger partial charge in [-0.15, -0.1) is 0 Å². The van der Waals surface area contributed by atoms with Crippen molar-refractivity contribution in [2.24, 2.45) is 16.7 Å². The van der Waals surface area contributed by atoms with Crippen molar-refractivity contribution in [3.63, 3.8) is 0 Å². The maximum Gasteiger partial charge on any atom is 0.309 e. The van der Waals surface area contributed by atoms with E-state index >= 15 is 0 Å². The quantitative estimate of drug-likeness (QED) is 0.429. The summed E-state index contributed by atoms with van der Waals surface area (Å²) in [7, 11) is 0. The third-order valence-corrected chi connectivity index (χ3v) is 4.79. The Kier molecular flexibility index (Phi) is 10.8. The molecule has 3 nitrogen and oxygen atoms in total. The smallest absolute Gasteiger partial charge is 0.309 e. The first-order valence-corrected chi connectivity index (χ1v) is 9.43. The van der Waals surface area contributed by atoms with Crippen molar-refractivity contribution >= 4 is 5.97 Å². The first-order chi connectivity index (χ1) is 10.6. The lowest BCUT2D eigenvalue weighted by Crippen LogP contribution is -2.23. The number of rotatable bonds is 13. The van der Waals surface area contributed by atoms with E-state index in [1.54, 1.807) is 13.8 Å². The Morgan fingerprint density at radius 3 is 1.70 bits per heavy atom. The molecule has 1 unspecified atom stereocenters. The highest BCUT2D eigenvalue weighted by Gasteiger charge is 2.25. The molecule has 0 spiro atoms. The van der Waals surface area contributed by atoms with Gasteiger partial charge in [-0.05, 0) is 50.9 Å². The molecule has 0 amide bonds. The van der Waals surface area contributed by atoms with Crippen molar-refractivity contribution in [1.82, 2.24) is 0 Å². The monoisotopic (exact) mass is 328 g/mol. The van der Waals surface area contributed by atoms with Crippen molar-refractivity contribution < 1.29 is 15.0 Å². The largest absolute Gasteiger partial charge is 0.481 e. The summed E-state index contributed by atoms with van der Waals surface area (Å²) in [4.78, 5) is 11.0. The molecule has 3 heteroatoms. The van der Waals surface area contributed by atoms with Gasteiger partial charge in [-0.3, -0.25) is 4.79 Å². The summed E-state index contributed by atoms with van der Waals surface area (Å²) in [6.45, 7) is 10.7. The van der Waals surface area contributed by atoms with Gasteiger partial charge in [-0.2, -0.15) is 0 Å². The second-order valence-corrected chi connectivity index (χ2v) is 9.00. The van der Waals surface area contributed by atoms with E-state index < -0.39 is 11.4 Å². The molecule has 0 rings (SSSR count). The van der Waals surface area contributed by atoms with Crippen molar-refractivity contribution in [3.8, 4) is 0 Å². The molecule has 2 N–H and O–H groups in total. The van der Waals surface area contributed by atoms with Crippen LogP contribution in [0.5, 0.6) is 0 Å². The zero-order valence-electron chi connectivity index (χ0n) is 16.2. The van der Waals surface area contributed by atoms with Gasteiger partial charge < -0.3 is 10.2 Å². The summed E-state index contributed by atoms with van der Waals surface area (Å²) < 4.78 is 0. The molecular formula is C20H40O3. The van der Waals surface area contributed by atoms with Crippen LogP contribution in [-0.2, 0) is 4.79 Å². The summed E-state index contributed by atoms with van der Waals surface area (Å²) in [6, 6.07) is 0. The zero-order valence-corrected chi connectivity index (χ0v) is 16.2. The molecule has 0 saturated heterocycles. The standard InChI is InChI=1S/C20H40O3/c1-19(2,3)14-10-6-8-12-17(16-21)13-9-7-11-15-20(4,5)18(22)23/h17,21H,6-16H2,1-5H3,(H,22,23). The molecule has 0 aromatic heterocycles. The number of hydrogen-bond acceptors (Lipinski definition) is 2. The average molecular weight is 329 g/mol. The number of carboxylic acids is 1. The van der Waals surface area contributed by atoms with E-state index in [-0.39, 0.29) is 0 Å². The molecule has 0 aromatic rings. The fraction of sp³-hybridized carbons (Fsp3) is 0.950. The predicted molar refractivity (Wildman–Crippen MR) is 97.6 cm³/mol. The second kappa shape index (κ2) is 11.1. The lowest BCUT2D eigenvalue weighted by molar-refractivity contribution is -0.147. The molecule has 23 heavy (non-hydrogen) atoms. The minimum absolute atomic E-state index is 0.292. The maximum atomic E-state index is 11.0. The summed E-state index contributed by atoms with van der Waals surface area (Å²) >= 11 is 0. The Morgan fingerprint density at radius 1 is 0.826 bits per heavy atom. The number of aliphatic carboxylic acids is 1. The highest BCUT2D eigenvalue weighted by Crippen LogP contribution is 2.26. The molecule has 1 atom stereocenters. The third-order valence-electron chi connectivity index (χ3n) is 4.79. The van der Waals surface area contributed by atoms with Gasteiger partial charge >= 0.3 is 5.97 Å². The van der Waals surface area contributed by atoms with E-state index in [0.29, 0.717) is 17.9 Å². The molecule has 0 aliphatic carbocycles. The first-order valence-electron chi connectivity index (χ1n) is 9.43. The maximum absolute atomic E-state index is 11.0. The van der Waals surface area contributed by atoms with Gasteiger partial charge in [0, 0.05) is 6.61 Å².